The summed E-state index contributed by atoms with van der Waals surface area (Å²) in [6.07, 6.45) is 32.8. The molecule has 0 heterocycles. The van der Waals surface area contributed by atoms with Gasteiger partial charge in [0.1, 0.15) is 6.10 Å². The third-order valence-corrected chi connectivity index (χ3v) is 10.1. The molecule has 0 rings (SSSR count). The molecule has 296 valence electrons. The molecular weight excluding hydrogens is 641 g/mol. The zero-order valence-electron chi connectivity index (χ0n) is 32.1. The molecule has 2 atom stereocenters. The predicted molar refractivity (Wildman–Crippen MR) is 205 cm³/mol. The SMILES string of the molecule is CCCCCCCCCCCCCCCCCC(=O)C(CCCCCCCCCCCCCCCC)(OP(=O)(O)O)C(O)CO.NCCO. The lowest BCUT2D eigenvalue weighted by atomic mass is 9.84. The van der Waals surface area contributed by atoms with E-state index in [0.29, 0.717) is 19.4 Å². The average Bonchev–Trinajstić information content (AvgIpc) is 3.08. The van der Waals surface area contributed by atoms with Gasteiger partial charge in [-0.1, -0.05) is 187 Å². The number of ketones is 1. The van der Waals surface area contributed by atoms with Crippen molar-refractivity contribution in [2.45, 2.75) is 225 Å². The first-order valence-corrected chi connectivity index (χ1v) is 22.1. The van der Waals surface area contributed by atoms with Gasteiger partial charge in [-0.3, -0.25) is 9.32 Å². The molecule has 0 spiro atoms. The molecule has 0 aliphatic rings. The Kier molecular flexibility index (Phi) is 38.7. The smallest absolute Gasteiger partial charge is 0.395 e. The molecule has 0 amide bonds. The van der Waals surface area contributed by atoms with Gasteiger partial charge in [0.25, 0.3) is 0 Å². The molecule has 0 aromatic rings. The second kappa shape index (κ2) is 37.4. The minimum atomic E-state index is -5.06. The van der Waals surface area contributed by atoms with Gasteiger partial charge in [0.2, 0.25) is 0 Å². The Bertz CT molecular complexity index is 736. The number of rotatable bonds is 37. The summed E-state index contributed by atoms with van der Waals surface area (Å²) in [6.45, 7) is 4.18. The van der Waals surface area contributed by atoms with Crippen LogP contribution < -0.4 is 5.73 Å². The van der Waals surface area contributed by atoms with Crippen LogP contribution in [0.2, 0.25) is 0 Å². The summed E-state index contributed by atoms with van der Waals surface area (Å²) in [5, 5.41) is 28.0. The molecule has 9 nitrogen and oxygen atoms in total. The van der Waals surface area contributed by atoms with Gasteiger partial charge in [-0.15, -0.1) is 0 Å². The van der Waals surface area contributed by atoms with Gasteiger partial charge in [0.15, 0.2) is 11.4 Å². The number of hydrogen-bond acceptors (Lipinski definition) is 7. The van der Waals surface area contributed by atoms with E-state index >= 15 is 0 Å². The van der Waals surface area contributed by atoms with E-state index in [1.54, 1.807) is 0 Å². The van der Waals surface area contributed by atoms with Crippen molar-refractivity contribution in [1.29, 1.82) is 0 Å². The first kappa shape index (κ1) is 50.7. The van der Waals surface area contributed by atoms with Crippen LogP contribution in [-0.4, -0.2) is 62.4 Å². The van der Waals surface area contributed by atoms with Crippen molar-refractivity contribution in [2.75, 3.05) is 19.8 Å². The van der Waals surface area contributed by atoms with Crippen molar-refractivity contribution in [2.24, 2.45) is 5.73 Å². The predicted octanol–water partition coefficient (Wildman–Crippen LogP) is 9.83. The normalized spacial score (nSPS) is 13.6. The second-order valence-corrected chi connectivity index (χ2v) is 15.3. The Labute approximate surface area is 302 Å². The summed E-state index contributed by atoms with van der Waals surface area (Å²) in [5.41, 5.74) is 2.71. The lowest BCUT2D eigenvalue weighted by molar-refractivity contribution is -0.153. The van der Waals surface area contributed by atoms with Crippen molar-refractivity contribution < 1.29 is 39.0 Å². The number of aliphatic hydroxyl groups is 3. The Morgan fingerprint density at radius 3 is 1.14 bits per heavy atom. The van der Waals surface area contributed by atoms with Crippen LogP contribution in [0, 0.1) is 0 Å². The fourth-order valence-corrected chi connectivity index (χ4v) is 7.20. The number of unbranched alkanes of at least 4 members (excludes halogenated alkanes) is 27. The van der Waals surface area contributed by atoms with E-state index in [9.17, 15) is 29.4 Å². The third-order valence-electron chi connectivity index (χ3n) is 9.50. The Morgan fingerprint density at radius 2 is 0.878 bits per heavy atom. The summed E-state index contributed by atoms with van der Waals surface area (Å²) in [6, 6.07) is 0. The van der Waals surface area contributed by atoms with Crippen LogP contribution in [0.25, 0.3) is 0 Å². The fourth-order valence-electron chi connectivity index (χ4n) is 6.46. The first-order chi connectivity index (χ1) is 23.6. The maximum Gasteiger partial charge on any atom is 0.470 e. The van der Waals surface area contributed by atoms with Crippen molar-refractivity contribution in [3.8, 4) is 0 Å². The molecule has 0 bridgehead atoms. The molecular formula is C39H82NO8P. The van der Waals surface area contributed by atoms with Crippen LogP contribution in [0.4, 0.5) is 0 Å². The first-order valence-electron chi connectivity index (χ1n) is 20.5. The number of carbonyl (C=O) groups excluding carboxylic acids is 1. The van der Waals surface area contributed by atoms with E-state index in [1.807, 2.05) is 0 Å². The topological polar surface area (TPSA) is 171 Å². The standard InChI is InChI=1S/C37H75O7P.C2H7NO/c1-3-5-7-9-11-13-15-17-19-20-22-24-26-28-30-32-35(39)37(36(40)34-38,44-45(41,42)43)33-31-29-27-25-23-21-18-16-14-12-10-8-6-4-2;3-1-2-4/h36,38,40H,3-34H2,1-2H3,(H2,41,42,43);4H,1-3H2. The van der Waals surface area contributed by atoms with Crippen molar-refractivity contribution in [3.05, 3.63) is 0 Å². The van der Waals surface area contributed by atoms with E-state index in [4.69, 9.17) is 15.4 Å². The maximum absolute atomic E-state index is 13.3. The molecule has 10 heteroatoms. The zero-order chi connectivity index (χ0) is 36.9. The molecule has 49 heavy (non-hydrogen) atoms. The van der Waals surface area contributed by atoms with Crippen LogP contribution in [0.15, 0.2) is 0 Å². The van der Waals surface area contributed by atoms with E-state index in [1.165, 1.54) is 128 Å². The second-order valence-electron chi connectivity index (χ2n) is 14.2. The van der Waals surface area contributed by atoms with E-state index < -0.39 is 31.9 Å². The molecule has 2 unspecified atom stereocenters. The molecule has 0 aliphatic carbocycles. The van der Waals surface area contributed by atoms with Crippen LogP contribution in [0.5, 0.6) is 0 Å². The van der Waals surface area contributed by atoms with E-state index in [-0.39, 0.29) is 19.4 Å². The summed E-state index contributed by atoms with van der Waals surface area (Å²) < 4.78 is 16.9. The minimum absolute atomic E-state index is 0.00452. The summed E-state index contributed by atoms with van der Waals surface area (Å²) in [4.78, 5) is 32.5. The van der Waals surface area contributed by atoms with Crippen LogP contribution >= 0.6 is 7.82 Å². The van der Waals surface area contributed by atoms with Crippen LogP contribution in [0.1, 0.15) is 213 Å². The number of nitrogens with two attached hydrogens (primary N) is 1. The molecule has 0 aromatic carbocycles. The van der Waals surface area contributed by atoms with Gasteiger partial charge in [-0.25, -0.2) is 4.57 Å². The fraction of sp³-hybridized carbons (Fsp3) is 0.974. The maximum atomic E-state index is 13.3. The van der Waals surface area contributed by atoms with Gasteiger partial charge >= 0.3 is 7.82 Å². The van der Waals surface area contributed by atoms with Gasteiger partial charge in [0.05, 0.1) is 13.2 Å². The number of hydrogen-bond donors (Lipinski definition) is 6. The highest BCUT2D eigenvalue weighted by molar-refractivity contribution is 7.46. The van der Waals surface area contributed by atoms with Gasteiger partial charge < -0.3 is 30.8 Å². The number of Topliss-reactive ketones (excluding diaryl/α,β-unsaturated/α-hetero) is 1. The molecule has 0 aromatic heterocycles. The van der Waals surface area contributed by atoms with E-state index in [0.717, 1.165) is 44.9 Å². The van der Waals surface area contributed by atoms with Crippen molar-refractivity contribution >= 4 is 13.6 Å². The quantitative estimate of drug-likeness (QED) is 0.0270. The molecule has 0 radical (unpaired) electrons. The average molecular weight is 724 g/mol. The molecule has 7 N–H and O–H groups in total. The highest BCUT2D eigenvalue weighted by atomic mass is 31.2. The summed E-state index contributed by atoms with van der Waals surface area (Å²) in [7, 11) is -5.06. The molecule has 0 saturated heterocycles. The zero-order valence-corrected chi connectivity index (χ0v) is 33.0. The molecule has 0 saturated carbocycles. The lowest BCUT2D eigenvalue weighted by Gasteiger charge is -2.35. The monoisotopic (exact) mass is 724 g/mol. The van der Waals surface area contributed by atoms with Crippen LogP contribution in [0.3, 0.4) is 0 Å². The van der Waals surface area contributed by atoms with Crippen LogP contribution in [-0.2, 0) is 13.9 Å². The summed E-state index contributed by atoms with van der Waals surface area (Å²) >= 11 is 0. The third kappa shape index (κ3) is 33.2. The summed E-state index contributed by atoms with van der Waals surface area (Å²) in [5.74, 6) is -0.517. The van der Waals surface area contributed by atoms with Gasteiger partial charge in [0, 0.05) is 13.0 Å². The van der Waals surface area contributed by atoms with Gasteiger partial charge in [-0.05, 0) is 19.3 Å². The Morgan fingerprint density at radius 1 is 0.592 bits per heavy atom. The number of aliphatic hydroxyl groups excluding tert-OH is 3. The largest absolute Gasteiger partial charge is 0.470 e. The number of phosphoric ester groups is 1. The number of carbonyl (C=O) groups is 1. The minimum Gasteiger partial charge on any atom is -0.395 e. The molecule has 0 fully saturated rings. The Balaban J connectivity index is 0. The van der Waals surface area contributed by atoms with E-state index in [2.05, 4.69) is 13.8 Å². The highest BCUT2D eigenvalue weighted by Gasteiger charge is 2.49. The van der Waals surface area contributed by atoms with Crippen molar-refractivity contribution in [1.82, 2.24) is 0 Å². The number of phosphoric acid groups is 1. The highest BCUT2D eigenvalue weighted by Crippen LogP contribution is 2.45. The van der Waals surface area contributed by atoms with Crippen molar-refractivity contribution in [3.63, 3.8) is 0 Å². The Hall–Kier alpha value is -0.380. The van der Waals surface area contributed by atoms with Gasteiger partial charge in [-0.2, -0.15) is 0 Å². The molecule has 0 aliphatic heterocycles. The lowest BCUT2D eigenvalue weighted by Crippen LogP contribution is -2.52.